The van der Waals surface area contributed by atoms with Crippen molar-refractivity contribution in [1.82, 2.24) is 0 Å². The van der Waals surface area contributed by atoms with Gasteiger partial charge in [0.05, 0.1) is 6.26 Å². The summed E-state index contributed by atoms with van der Waals surface area (Å²) in [6.07, 6.45) is 2.84. The van der Waals surface area contributed by atoms with Gasteiger partial charge in [0.15, 0.2) is 11.2 Å². The van der Waals surface area contributed by atoms with Gasteiger partial charge in [0.25, 0.3) is 0 Å². The summed E-state index contributed by atoms with van der Waals surface area (Å²) >= 11 is 0. The van der Waals surface area contributed by atoms with Crippen molar-refractivity contribution in [1.29, 1.82) is 0 Å². The third kappa shape index (κ3) is 3.83. The Labute approximate surface area is 282 Å². The Bertz CT molecular complexity index is 2900. The molecular weight excluding hydrogens is 597 g/mol. The molecule has 0 aliphatic heterocycles. The van der Waals surface area contributed by atoms with E-state index >= 15 is 0 Å². The van der Waals surface area contributed by atoms with Crippen LogP contribution in [0.2, 0.25) is 0 Å². The van der Waals surface area contributed by atoms with Crippen molar-refractivity contribution in [2.24, 2.45) is 0 Å². The number of hydrogen-bond donors (Lipinski definition) is 0. The standard InChI is InChI=1S/C47H28O2/c1-2-10-28(11-3-1)42-27-48-46-40(42)23-22-39-34-21-20-32(26-43(34)49-47(39)46)45-37-16-8-6-14-35(37)44(36-15-7-9-17-38(36)45)31-19-18-30-24-29-12-4-5-13-33(29)41(30)25-31/h1-23,25-27H,24H2. The van der Waals surface area contributed by atoms with Crippen LogP contribution in [0.4, 0.5) is 0 Å². The van der Waals surface area contributed by atoms with Gasteiger partial charge in [-0.15, -0.1) is 0 Å². The fourth-order valence-electron chi connectivity index (χ4n) is 8.35. The largest absolute Gasteiger partial charge is 0.460 e. The Morgan fingerprint density at radius 3 is 1.71 bits per heavy atom. The zero-order valence-corrected chi connectivity index (χ0v) is 26.5. The summed E-state index contributed by atoms with van der Waals surface area (Å²) in [5.41, 5.74) is 15.0. The minimum Gasteiger partial charge on any atom is -0.460 e. The van der Waals surface area contributed by atoms with Gasteiger partial charge >= 0.3 is 0 Å². The third-order valence-corrected chi connectivity index (χ3v) is 10.6. The fraction of sp³-hybridized carbons (Fsp3) is 0.0213. The average molecular weight is 625 g/mol. The second-order valence-corrected chi connectivity index (χ2v) is 13.2. The zero-order chi connectivity index (χ0) is 32.1. The van der Waals surface area contributed by atoms with Crippen LogP contribution in [0.1, 0.15) is 11.1 Å². The quantitative estimate of drug-likeness (QED) is 0.183. The Kier molecular flexibility index (Phi) is 5.47. The molecule has 2 aromatic heterocycles. The molecule has 0 saturated heterocycles. The molecule has 228 valence electrons. The number of benzene rings is 8. The van der Waals surface area contributed by atoms with Gasteiger partial charge in [0, 0.05) is 21.7 Å². The second kappa shape index (κ2) is 10.1. The van der Waals surface area contributed by atoms with E-state index in [0.717, 1.165) is 56.0 Å². The zero-order valence-electron chi connectivity index (χ0n) is 26.5. The summed E-state index contributed by atoms with van der Waals surface area (Å²) < 4.78 is 12.9. The molecule has 11 rings (SSSR count). The molecule has 0 unspecified atom stereocenters. The minimum absolute atomic E-state index is 0.784. The van der Waals surface area contributed by atoms with Crippen LogP contribution in [-0.2, 0) is 6.42 Å². The topological polar surface area (TPSA) is 26.3 Å². The second-order valence-electron chi connectivity index (χ2n) is 13.2. The molecule has 0 bridgehead atoms. The SMILES string of the molecule is c1ccc(-c2coc3c2ccc2c4ccc(-c5c6ccccc6c(-c6ccc7c(c6)-c6ccccc6C7)c6ccccc56)cc4oc23)cc1. The Morgan fingerprint density at radius 1 is 0.367 bits per heavy atom. The maximum atomic E-state index is 6.67. The highest BCUT2D eigenvalue weighted by Crippen LogP contribution is 2.47. The smallest absolute Gasteiger partial charge is 0.178 e. The van der Waals surface area contributed by atoms with Gasteiger partial charge in [-0.3, -0.25) is 0 Å². The molecule has 2 heteroatoms. The molecule has 1 aliphatic rings. The molecule has 0 amide bonds. The predicted octanol–water partition coefficient (Wildman–Crippen LogP) is 13.2. The van der Waals surface area contributed by atoms with Gasteiger partial charge in [0.1, 0.15) is 5.58 Å². The molecular formula is C47H28O2. The van der Waals surface area contributed by atoms with E-state index in [1.54, 1.807) is 0 Å². The highest BCUT2D eigenvalue weighted by atomic mass is 16.4. The third-order valence-electron chi connectivity index (χ3n) is 10.6. The van der Waals surface area contributed by atoms with Crippen LogP contribution in [0.15, 0.2) is 167 Å². The Morgan fingerprint density at radius 2 is 0.959 bits per heavy atom. The summed E-state index contributed by atoms with van der Waals surface area (Å²) in [6, 6.07) is 55.0. The lowest BCUT2D eigenvalue weighted by molar-refractivity contribution is 0.600. The summed E-state index contributed by atoms with van der Waals surface area (Å²) in [5.74, 6) is 0. The average Bonchev–Trinajstić information content (AvgIpc) is 3.87. The number of furan rings is 2. The molecule has 0 fully saturated rings. The van der Waals surface area contributed by atoms with Crippen LogP contribution in [0.3, 0.4) is 0 Å². The molecule has 2 nitrogen and oxygen atoms in total. The lowest BCUT2D eigenvalue weighted by atomic mass is 9.85. The monoisotopic (exact) mass is 624 g/mol. The van der Waals surface area contributed by atoms with Gasteiger partial charge in [-0.1, -0.05) is 121 Å². The molecule has 1 aliphatic carbocycles. The van der Waals surface area contributed by atoms with E-state index in [1.807, 2.05) is 12.3 Å². The number of rotatable bonds is 3. The van der Waals surface area contributed by atoms with E-state index in [2.05, 4.69) is 146 Å². The van der Waals surface area contributed by atoms with Gasteiger partial charge in [-0.25, -0.2) is 0 Å². The van der Waals surface area contributed by atoms with E-state index < -0.39 is 0 Å². The molecule has 8 aromatic carbocycles. The van der Waals surface area contributed by atoms with Crippen molar-refractivity contribution < 1.29 is 8.83 Å². The predicted molar refractivity (Wildman–Crippen MR) is 203 cm³/mol. The van der Waals surface area contributed by atoms with Crippen LogP contribution in [0.5, 0.6) is 0 Å². The van der Waals surface area contributed by atoms with E-state index in [0.29, 0.717) is 0 Å². The van der Waals surface area contributed by atoms with Crippen LogP contribution >= 0.6 is 0 Å². The van der Waals surface area contributed by atoms with Gasteiger partial charge in [-0.2, -0.15) is 0 Å². The summed E-state index contributed by atoms with van der Waals surface area (Å²) in [6.45, 7) is 0. The first-order valence-corrected chi connectivity index (χ1v) is 16.9. The van der Waals surface area contributed by atoms with E-state index in [-0.39, 0.29) is 0 Å². The molecule has 0 N–H and O–H groups in total. The van der Waals surface area contributed by atoms with E-state index in [1.165, 1.54) is 60.5 Å². The van der Waals surface area contributed by atoms with Crippen molar-refractivity contribution in [2.75, 3.05) is 0 Å². The van der Waals surface area contributed by atoms with Crippen molar-refractivity contribution >= 4 is 54.5 Å². The van der Waals surface area contributed by atoms with Crippen LogP contribution in [0.25, 0.3) is 99.0 Å². The van der Waals surface area contributed by atoms with Crippen LogP contribution in [-0.4, -0.2) is 0 Å². The molecule has 2 heterocycles. The first kappa shape index (κ1) is 26.7. The summed E-state index contributed by atoms with van der Waals surface area (Å²) in [7, 11) is 0. The van der Waals surface area contributed by atoms with Crippen molar-refractivity contribution in [3.05, 3.63) is 169 Å². The molecule has 0 atom stereocenters. The summed E-state index contributed by atoms with van der Waals surface area (Å²) in [4.78, 5) is 0. The normalized spacial score (nSPS) is 12.4. The van der Waals surface area contributed by atoms with Crippen molar-refractivity contribution in [3.63, 3.8) is 0 Å². The van der Waals surface area contributed by atoms with Gasteiger partial charge in [-0.05, 0) is 108 Å². The molecule has 0 spiro atoms. The number of fused-ring (bicyclic) bond motifs is 10. The van der Waals surface area contributed by atoms with Crippen LogP contribution < -0.4 is 0 Å². The summed E-state index contributed by atoms with van der Waals surface area (Å²) in [5, 5.41) is 8.16. The van der Waals surface area contributed by atoms with Crippen molar-refractivity contribution in [2.45, 2.75) is 6.42 Å². The van der Waals surface area contributed by atoms with E-state index in [4.69, 9.17) is 8.83 Å². The van der Waals surface area contributed by atoms with Crippen molar-refractivity contribution in [3.8, 4) is 44.5 Å². The van der Waals surface area contributed by atoms with Gasteiger partial charge < -0.3 is 8.83 Å². The Hall–Kier alpha value is -6.38. The fourth-order valence-corrected chi connectivity index (χ4v) is 8.35. The molecule has 10 aromatic rings. The molecule has 0 saturated carbocycles. The highest BCUT2D eigenvalue weighted by Gasteiger charge is 2.22. The van der Waals surface area contributed by atoms with Gasteiger partial charge in [0.2, 0.25) is 0 Å². The first-order valence-electron chi connectivity index (χ1n) is 16.9. The first-order chi connectivity index (χ1) is 24.3. The Balaban J connectivity index is 1.13. The molecule has 49 heavy (non-hydrogen) atoms. The highest BCUT2D eigenvalue weighted by molar-refractivity contribution is 6.22. The maximum Gasteiger partial charge on any atom is 0.178 e. The van der Waals surface area contributed by atoms with Crippen LogP contribution in [0, 0.1) is 0 Å². The lowest BCUT2D eigenvalue weighted by Crippen LogP contribution is -1.91. The molecule has 0 radical (unpaired) electrons. The number of hydrogen-bond acceptors (Lipinski definition) is 2. The minimum atomic E-state index is 0.784. The maximum absolute atomic E-state index is 6.67. The lowest BCUT2D eigenvalue weighted by Gasteiger charge is -2.18. The van der Waals surface area contributed by atoms with E-state index in [9.17, 15) is 0 Å².